The molecule has 0 spiro atoms. The van der Waals surface area contributed by atoms with Crippen molar-refractivity contribution in [3.05, 3.63) is 41.5 Å². The summed E-state index contributed by atoms with van der Waals surface area (Å²) in [5, 5.41) is 0.370. The first-order chi connectivity index (χ1) is 4.22. The molecule has 1 aromatic carbocycles. The Hall–Kier alpha value is -0.0666. The van der Waals surface area contributed by atoms with E-state index in [1.807, 2.05) is 0 Å². The third kappa shape index (κ3) is 1.96. The van der Waals surface area contributed by atoms with Gasteiger partial charge in [-0.1, -0.05) is 17.2 Å². The Labute approximate surface area is 77.1 Å². The van der Waals surface area contributed by atoms with E-state index in [1.54, 1.807) is 12.1 Å². The predicted molar refractivity (Wildman–Crippen MR) is 35.9 cm³/mol. The largest absolute Gasteiger partial charge is 0.284 e. The maximum Gasteiger partial charge on any atom is 0.0171 e. The van der Waals surface area contributed by atoms with Crippen molar-refractivity contribution in [1.29, 1.82) is 0 Å². The third-order valence-corrected chi connectivity index (χ3v) is 1.42. The molecule has 0 aromatic heterocycles. The maximum absolute atomic E-state index is 12.4. The second-order valence-corrected chi connectivity index (χ2v) is 2.11. The van der Waals surface area contributed by atoms with Gasteiger partial charge >= 0.3 is 0 Å². The van der Waals surface area contributed by atoms with Crippen LogP contribution in [0.1, 0.15) is 5.56 Å². The van der Waals surface area contributed by atoms with E-state index < -0.39 is 0 Å². The molecule has 0 heterocycles. The van der Waals surface area contributed by atoms with Gasteiger partial charge in [0.05, 0.1) is 0 Å². The fourth-order valence-electron chi connectivity index (χ4n) is 0.532. The van der Waals surface area contributed by atoms with Gasteiger partial charge in [0.2, 0.25) is 0 Å². The number of benzene rings is 1. The molecule has 0 saturated heterocycles. The van der Waals surface area contributed by atoms with Crippen LogP contribution in [0.3, 0.4) is 0 Å². The molecule has 0 aliphatic heterocycles. The summed E-state index contributed by atoms with van der Waals surface area (Å²) >= 11 is 5.51. The van der Waals surface area contributed by atoms with Crippen LogP contribution < -0.4 is 0 Å². The monoisotopic (exact) mass is 207 g/mol. The predicted octanol–water partition coefficient (Wildman–Crippen LogP) is 2.66. The number of hydrogen-bond donors (Lipinski definition) is 0. The zero-order valence-electron chi connectivity index (χ0n) is 5.40. The second-order valence-electron chi connectivity index (χ2n) is 1.70. The average Bonchev–Trinajstić information content (AvgIpc) is 1.83. The first-order valence-corrected chi connectivity index (χ1v) is 2.85. The number of rotatable bonds is 0. The summed E-state index contributed by atoms with van der Waals surface area (Å²) < 4.78 is 12.4. The minimum atomic E-state index is -0.359. The molecule has 1 aromatic rings. The molecule has 0 aliphatic rings. The topological polar surface area (TPSA) is 0 Å². The van der Waals surface area contributed by atoms with Gasteiger partial charge in [0.15, 0.2) is 0 Å². The molecule has 0 amide bonds. The fourth-order valence-corrected chi connectivity index (χ4v) is 0.695. The first-order valence-electron chi connectivity index (χ1n) is 2.48. The van der Waals surface area contributed by atoms with E-state index in [9.17, 15) is 4.39 Å². The Morgan fingerprint density at radius 3 is 2.40 bits per heavy atom. The van der Waals surface area contributed by atoms with Crippen LogP contribution in [0.25, 0.3) is 0 Å². The molecule has 0 saturated carbocycles. The van der Waals surface area contributed by atoms with Gasteiger partial charge < -0.3 is 0 Å². The van der Waals surface area contributed by atoms with Crippen LogP contribution in [0.5, 0.6) is 0 Å². The minimum Gasteiger partial charge on any atom is -0.284 e. The molecule has 3 heteroatoms. The van der Waals surface area contributed by atoms with E-state index in [0.717, 1.165) is 0 Å². The van der Waals surface area contributed by atoms with Crippen LogP contribution in [0.2, 0.25) is 5.02 Å². The Morgan fingerprint density at radius 1 is 1.40 bits per heavy atom. The SMILES string of the molecule is [CH2-]c1c(F)cccc1Cl.[Zn]. The van der Waals surface area contributed by atoms with E-state index in [4.69, 9.17) is 11.6 Å². The minimum absolute atomic E-state index is 0. The van der Waals surface area contributed by atoms with E-state index >= 15 is 0 Å². The molecule has 0 atom stereocenters. The van der Waals surface area contributed by atoms with Gasteiger partial charge in [0, 0.05) is 25.3 Å². The van der Waals surface area contributed by atoms with Crippen LogP contribution in [0.15, 0.2) is 18.2 Å². The summed E-state index contributed by atoms with van der Waals surface area (Å²) in [5.74, 6) is -0.359. The van der Waals surface area contributed by atoms with Crippen molar-refractivity contribution in [2.24, 2.45) is 0 Å². The van der Waals surface area contributed by atoms with Crippen LogP contribution >= 0.6 is 11.6 Å². The number of halogens is 2. The molecular weight excluding hydrogens is 204 g/mol. The molecule has 0 unspecified atom stereocenters. The van der Waals surface area contributed by atoms with Crippen molar-refractivity contribution in [3.8, 4) is 0 Å². The zero-order chi connectivity index (χ0) is 6.85. The smallest absolute Gasteiger partial charge is 0.0171 e. The molecule has 0 N–H and O–H groups in total. The molecule has 0 fully saturated rings. The molecule has 10 heavy (non-hydrogen) atoms. The molecule has 1 rings (SSSR count). The quantitative estimate of drug-likeness (QED) is 0.455. The summed E-state index contributed by atoms with van der Waals surface area (Å²) in [7, 11) is 0. The van der Waals surface area contributed by atoms with Gasteiger partial charge in [-0.15, -0.1) is 11.6 Å². The second kappa shape index (κ2) is 3.95. The van der Waals surface area contributed by atoms with Crippen molar-refractivity contribution in [2.45, 2.75) is 0 Å². The standard InChI is InChI=1S/C7H5ClF.Zn/c1-5-6(8)3-2-4-7(5)9;/h2-4H,1H2;/q-1;. The Bertz CT molecular complexity index is 205. The molecule has 0 radical (unpaired) electrons. The van der Waals surface area contributed by atoms with Crippen molar-refractivity contribution in [2.75, 3.05) is 0 Å². The van der Waals surface area contributed by atoms with Crippen LogP contribution in [0.4, 0.5) is 4.39 Å². The average molecular weight is 209 g/mol. The van der Waals surface area contributed by atoms with Crippen molar-refractivity contribution in [3.63, 3.8) is 0 Å². The van der Waals surface area contributed by atoms with Gasteiger partial charge in [0.25, 0.3) is 0 Å². The van der Waals surface area contributed by atoms with E-state index in [1.165, 1.54) is 6.07 Å². The summed E-state index contributed by atoms with van der Waals surface area (Å²) in [4.78, 5) is 0. The molecule has 0 bridgehead atoms. The van der Waals surface area contributed by atoms with Crippen LogP contribution in [-0.4, -0.2) is 0 Å². The van der Waals surface area contributed by atoms with E-state index in [2.05, 4.69) is 6.92 Å². The summed E-state index contributed by atoms with van der Waals surface area (Å²) in [6.07, 6.45) is 0. The van der Waals surface area contributed by atoms with Gasteiger partial charge in [-0.2, -0.15) is 18.5 Å². The van der Waals surface area contributed by atoms with Crippen molar-refractivity contribution < 1.29 is 23.9 Å². The molecule has 0 aliphatic carbocycles. The van der Waals surface area contributed by atoms with E-state index in [0.29, 0.717) is 5.02 Å². The Balaban J connectivity index is 0.000000810. The third-order valence-electron chi connectivity index (χ3n) is 1.06. The van der Waals surface area contributed by atoms with Gasteiger partial charge in [-0.3, -0.25) is 4.39 Å². The van der Waals surface area contributed by atoms with Crippen LogP contribution in [0, 0.1) is 12.7 Å². The van der Waals surface area contributed by atoms with E-state index in [-0.39, 0.29) is 30.9 Å². The maximum atomic E-state index is 12.4. The fraction of sp³-hybridized carbons (Fsp3) is 0. The Kier molecular flexibility index (Phi) is 3.92. The summed E-state index contributed by atoms with van der Waals surface area (Å²) in [5.41, 5.74) is 0.263. The first kappa shape index (κ1) is 9.93. The summed E-state index contributed by atoms with van der Waals surface area (Å²) in [6.45, 7) is 3.41. The van der Waals surface area contributed by atoms with Crippen molar-refractivity contribution >= 4 is 11.6 Å². The van der Waals surface area contributed by atoms with Gasteiger partial charge in [0.1, 0.15) is 0 Å². The summed E-state index contributed by atoms with van der Waals surface area (Å²) in [6, 6.07) is 4.48. The van der Waals surface area contributed by atoms with Crippen LogP contribution in [-0.2, 0) is 19.5 Å². The van der Waals surface area contributed by atoms with Gasteiger partial charge in [-0.25, -0.2) is 0 Å². The number of hydrogen-bond acceptors (Lipinski definition) is 0. The van der Waals surface area contributed by atoms with Crippen molar-refractivity contribution in [1.82, 2.24) is 0 Å². The normalized spacial score (nSPS) is 8.60. The zero-order valence-corrected chi connectivity index (χ0v) is 9.13. The molecule has 0 nitrogen and oxygen atoms in total. The van der Waals surface area contributed by atoms with Gasteiger partial charge in [-0.05, 0) is 0 Å². The molecular formula is C7H5ClFZn-. The Morgan fingerprint density at radius 2 is 2.00 bits per heavy atom. The molecule has 50 valence electrons.